The molecule has 0 heterocycles. The topological polar surface area (TPSA) is 157 Å². The van der Waals surface area contributed by atoms with Crippen molar-refractivity contribution in [2.45, 2.75) is 24.4 Å². The number of carbonyl (C=O) groups excluding carboxylic acids is 1. The van der Waals surface area contributed by atoms with E-state index in [2.05, 4.69) is 10.7 Å². The minimum absolute atomic E-state index is 0.625. The molecule has 15 heavy (non-hydrogen) atoms. The molecule has 0 aliphatic carbocycles. The lowest BCUT2D eigenvalue weighted by atomic mass is 10.0. The molecule has 4 unspecified atom stereocenters. The zero-order valence-corrected chi connectivity index (χ0v) is 7.76. The number of aliphatic hydroxyl groups is 5. The standard InChI is InChI=1S/C7H14N2O6/c8-7(15)9-1-3(11)5(13)6(14)4(12)2-10/h1,3-6,10-14H,2H2,(H2,8,15). The lowest BCUT2D eigenvalue weighted by Crippen LogP contribution is -2.46. The normalized spacial score (nSPS) is 19.8. The molecule has 0 rings (SSSR count). The Morgan fingerprint density at radius 2 is 1.80 bits per heavy atom. The van der Waals surface area contributed by atoms with E-state index in [9.17, 15) is 9.90 Å². The van der Waals surface area contributed by atoms with E-state index in [1.807, 2.05) is 0 Å². The third kappa shape index (κ3) is 4.81. The smallest absolute Gasteiger partial charge is 0.338 e. The zero-order valence-electron chi connectivity index (χ0n) is 7.76. The largest absolute Gasteiger partial charge is 0.394 e. The molecule has 0 saturated carbocycles. The summed E-state index contributed by atoms with van der Waals surface area (Å²) in [6.45, 7) is -0.780. The Morgan fingerprint density at radius 3 is 2.20 bits per heavy atom. The van der Waals surface area contributed by atoms with Gasteiger partial charge >= 0.3 is 6.03 Å². The Labute approximate surface area is 85.3 Å². The highest BCUT2D eigenvalue weighted by Gasteiger charge is 2.29. The van der Waals surface area contributed by atoms with Crippen LogP contribution in [-0.2, 0) is 0 Å². The summed E-state index contributed by atoms with van der Waals surface area (Å²) in [6, 6.07) is -1.07. The van der Waals surface area contributed by atoms with Gasteiger partial charge in [0.15, 0.2) is 0 Å². The summed E-state index contributed by atoms with van der Waals surface area (Å²) in [5.41, 5.74) is 4.62. The van der Waals surface area contributed by atoms with Crippen LogP contribution in [0, 0.1) is 0 Å². The number of amides is 2. The molecule has 8 heteroatoms. The van der Waals surface area contributed by atoms with E-state index in [0.29, 0.717) is 6.21 Å². The highest BCUT2D eigenvalue weighted by molar-refractivity contribution is 5.83. The molecule has 4 atom stereocenters. The molecule has 2 amide bonds. The van der Waals surface area contributed by atoms with Gasteiger partial charge in [0.25, 0.3) is 0 Å². The second-order valence-corrected chi connectivity index (χ2v) is 2.84. The molecule has 0 fully saturated rings. The monoisotopic (exact) mass is 222 g/mol. The first-order valence-electron chi connectivity index (χ1n) is 4.07. The first kappa shape index (κ1) is 13.9. The minimum atomic E-state index is -1.78. The first-order chi connectivity index (χ1) is 6.90. The Bertz CT molecular complexity index is 234. The average Bonchev–Trinajstić information content (AvgIpc) is 2.22. The Morgan fingerprint density at radius 1 is 1.27 bits per heavy atom. The van der Waals surface area contributed by atoms with Gasteiger partial charge in [-0.15, -0.1) is 0 Å². The number of rotatable bonds is 5. The van der Waals surface area contributed by atoms with Crippen LogP contribution in [0.5, 0.6) is 0 Å². The fourth-order valence-electron chi connectivity index (χ4n) is 0.776. The number of hydrogen-bond acceptors (Lipinski definition) is 6. The number of nitrogens with two attached hydrogens (primary N) is 1. The fourth-order valence-corrected chi connectivity index (χ4v) is 0.776. The molecule has 0 aliphatic heterocycles. The number of nitrogens with zero attached hydrogens (tertiary/aromatic N) is 1. The van der Waals surface area contributed by atoms with E-state index in [4.69, 9.17) is 20.4 Å². The van der Waals surface area contributed by atoms with Crippen molar-refractivity contribution in [1.82, 2.24) is 0 Å². The predicted octanol–water partition coefficient (Wildman–Crippen LogP) is -3.43. The van der Waals surface area contributed by atoms with E-state index in [0.717, 1.165) is 0 Å². The van der Waals surface area contributed by atoms with Crippen molar-refractivity contribution >= 4 is 12.2 Å². The van der Waals surface area contributed by atoms with Crippen LogP contribution in [0.1, 0.15) is 0 Å². The molecule has 0 aliphatic rings. The molecule has 0 saturated heterocycles. The van der Waals surface area contributed by atoms with Gasteiger partial charge < -0.3 is 31.3 Å². The van der Waals surface area contributed by atoms with Crippen LogP contribution in [0.3, 0.4) is 0 Å². The summed E-state index contributed by atoms with van der Waals surface area (Å²) < 4.78 is 0. The van der Waals surface area contributed by atoms with Crippen molar-refractivity contribution in [3.8, 4) is 0 Å². The summed E-state index contributed by atoms with van der Waals surface area (Å²) in [5.74, 6) is 0. The highest BCUT2D eigenvalue weighted by Crippen LogP contribution is 2.03. The van der Waals surface area contributed by atoms with Crippen LogP contribution in [0.2, 0.25) is 0 Å². The molecule has 0 bridgehead atoms. The maximum absolute atomic E-state index is 10.2. The van der Waals surface area contributed by atoms with Crippen molar-refractivity contribution in [1.29, 1.82) is 0 Å². The Kier molecular flexibility index (Phi) is 5.97. The fraction of sp³-hybridized carbons (Fsp3) is 0.714. The summed E-state index contributed by atoms with van der Waals surface area (Å²) in [5, 5.41) is 44.8. The summed E-state index contributed by atoms with van der Waals surface area (Å²) >= 11 is 0. The molecule has 0 spiro atoms. The summed E-state index contributed by atoms with van der Waals surface area (Å²) in [6.07, 6.45) is -6.19. The van der Waals surface area contributed by atoms with Crippen molar-refractivity contribution in [3.63, 3.8) is 0 Å². The molecule has 88 valence electrons. The lowest BCUT2D eigenvalue weighted by Gasteiger charge is -2.23. The summed E-state index contributed by atoms with van der Waals surface area (Å²) in [7, 11) is 0. The quantitative estimate of drug-likeness (QED) is 0.266. The van der Waals surface area contributed by atoms with Crippen molar-refractivity contribution in [2.75, 3.05) is 6.61 Å². The minimum Gasteiger partial charge on any atom is -0.394 e. The second-order valence-electron chi connectivity index (χ2n) is 2.84. The van der Waals surface area contributed by atoms with E-state index in [1.54, 1.807) is 0 Å². The lowest BCUT2D eigenvalue weighted by molar-refractivity contribution is -0.0999. The average molecular weight is 222 g/mol. The Hall–Kier alpha value is -1.06. The van der Waals surface area contributed by atoms with Gasteiger partial charge in [-0.05, 0) is 0 Å². The van der Waals surface area contributed by atoms with Gasteiger partial charge in [-0.25, -0.2) is 9.79 Å². The van der Waals surface area contributed by atoms with E-state index >= 15 is 0 Å². The SMILES string of the molecule is NC(=O)N=CC(O)C(O)C(O)C(O)CO. The number of aliphatic hydroxyl groups excluding tert-OH is 5. The number of urea groups is 1. The van der Waals surface area contributed by atoms with Gasteiger partial charge in [0, 0.05) is 6.21 Å². The maximum atomic E-state index is 10.2. The Balaban J connectivity index is 4.30. The molecule has 8 nitrogen and oxygen atoms in total. The van der Waals surface area contributed by atoms with Gasteiger partial charge in [-0.2, -0.15) is 0 Å². The van der Waals surface area contributed by atoms with Gasteiger partial charge in [0.1, 0.15) is 24.4 Å². The van der Waals surface area contributed by atoms with Gasteiger partial charge in [-0.3, -0.25) is 0 Å². The molecular weight excluding hydrogens is 208 g/mol. The van der Waals surface area contributed by atoms with Crippen molar-refractivity contribution < 1.29 is 30.3 Å². The number of aliphatic imine (C=N–C) groups is 1. The first-order valence-corrected chi connectivity index (χ1v) is 4.07. The van der Waals surface area contributed by atoms with E-state index < -0.39 is 37.1 Å². The van der Waals surface area contributed by atoms with E-state index in [-0.39, 0.29) is 0 Å². The van der Waals surface area contributed by atoms with Gasteiger partial charge in [0.05, 0.1) is 6.61 Å². The van der Waals surface area contributed by atoms with Gasteiger partial charge in [0.2, 0.25) is 0 Å². The third-order valence-electron chi connectivity index (χ3n) is 1.64. The molecule has 7 N–H and O–H groups in total. The summed E-state index contributed by atoms with van der Waals surface area (Å²) in [4.78, 5) is 13.1. The van der Waals surface area contributed by atoms with Crippen LogP contribution in [0.15, 0.2) is 4.99 Å². The molecular formula is C7H14N2O6. The van der Waals surface area contributed by atoms with Crippen molar-refractivity contribution in [3.05, 3.63) is 0 Å². The zero-order chi connectivity index (χ0) is 12.0. The van der Waals surface area contributed by atoms with Crippen LogP contribution in [-0.4, -0.2) is 68.8 Å². The molecule has 0 aromatic heterocycles. The van der Waals surface area contributed by atoms with Crippen LogP contribution in [0.25, 0.3) is 0 Å². The highest BCUT2D eigenvalue weighted by atomic mass is 16.4. The molecule has 0 aromatic rings. The second kappa shape index (κ2) is 6.43. The maximum Gasteiger partial charge on any atom is 0.338 e. The van der Waals surface area contributed by atoms with Crippen molar-refractivity contribution in [2.24, 2.45) is 10.7 Å². The van der Waals surface area contributed by atoms with Crippen LogP contribution >= 0.6 is 0 Å². The third-order valence-corrected chi connectivity index (χ3v) is 1.64. The van der Waals surface area contributed by atoms with E-state index in [1.165, 1.54) is 0 Å². The predicted molar refractivity (Wildman–Crippen MR) is 49.2 cm³/mol. The molecule has 0 aromatic carbocycles. The van der Waals surface area contributed by atoms with Crippen LogP contribution in [0.4, 0.5) is 4.79 Å². The number of hydrogen-bond donors (Lipinski definition) is 6. The van der Waals surface area contributed by atoms with Gasteiger partial charge in [-0.1, -0.05) is 0 Å². The van der Waals surface area contributed by atoms with Crippen LogP contribution < -0.4 is 5.73 Å². The molecule has 0 radical (unpaired) electrons. The number of primary amides is 1. The number of carbonyl (C=O) groups is 1.